The molecule has 0 radical (unpaired) electrons. The molecule has 0 spiro atoms. The van der Waals surface area contributed by atoms with E-state index in [0.29, 0.717) is 29.4 Å². The van der Waals surface area contributed by atoms with Crippen LogP contribution in [0.15, 0.2) is 97.1 Å². The number of hydrogen-bond acceptors (Lipinski definition) is 4. The molecule has 0 heterocycles. The first-order chi connectivity index (χ1) is 16.7. The zero-order valence-electron chi connectivity index (χ0n) is 19.3. The number of methoxy groups -OCH3 is 2. The maximum Gasteiger partial charge on any atom is 0.255 e. The van der Waals surface area contributed by atoms with Crippen LogP contribution in [0.5, 0.6) is 17.2 Å². The van der Waals surface area contributed by atoms with Gasteiger partial charge in [-0.25, -0.2) is 0 Å². The predicted molar refractivity (Wildman–Crippen MR) is 134 cm³/mol. The first-order valence-electron chi connectivity index (χ1n) is 11.0. The fourth-order valence-corrected chi connectivity index (χ4v) is 3.69. The molecule has 172 valence electrons. The minimum atomic E-state index is -0.258. The molecule has 34 heavy (non-hydrogen) atoms. The van der Waals surface area contributed by atoms with Crippen molar-refractivity contribution in [3.05, 3.63) is 119 Å². The Bertz CT molecular complexity index is 1210. The molecule has 0 atom stereocenters. The Morgan fingerprint density at radius 1 is 0.735 bits per heavy atom. The Morgan fingerprint density at radius 2 is 1.29 bits per heavy atom. The summed E-state index contributed by atoms with van der Waals surface area (Å²) in [7, 11) is 3.09. The number of nitrogens with one attached hydrogen (secondary N) is 1. The second-order valence-corrected chi connectivity index (χ2v) is 7.76. The van der Waals surface area contributed by atoms with E-state index in [1.54, 1.807) is 26.4 Å². The van der Waals surface area contributed by atoms with Gasteiger partial charge in [-0.15, -0.1) is 0 Å². The average molecular weight is 454 g/mol. The lowest BCUT2D eigenvalue weighted by Gasteiger charge is -2.17. The molecule has 4 aromatic carbocycles. The van der Waals surface area contributed by atoms with E-state index in [1.807, 2.05) is 72.8 Å². The van der Waals surface area contributed by atoms with E-state index in [1.165, 1.54) is 5.56 Å². The van der Waals surface area contributed by atoms with Gasteiger partial charge in [0.25, 0.3) is 5.91 Å². The number of ether oxygens (including phenoxy) is 3. The number of para-hydroxylation sites is 1. The molecule has 0 saturated carbocycles. The Morgan fingerprint density at radius 3 is 1.91 bits per heavy atom. The highest BCUT2D eigenvalue weighted by Crippen LogP contribution is 2.39. The van der Waals surface area contributed by atoms with Crippen LogP contribution in [0.4, 0.5) is 5.69 Å². The average Bonchev–Trinajstić information content (AvgIpc) is 2.89. The summed E-state index contributed by atoms with van der Waals surface area (Å²) in [6.45, 7) is 0.353. The molecule has 0 unspecified atom stereocenters. The van der Waals surface area contributed by atoms with Gasteiger partial charge in [-0.05, 0) is 41.3 Å². The molecule has 0 fully saturated rings. The predicted octanol–water partition coefficient (Wildman–Crippen LogP) is 6.13. The van der Waals surface area contributed by atoms with Crippen molar-refractivity contribution in [3.63, 3.8) is 0 Å². The van der Waals surface area contributed by atoms with E-state index in [0.717, 1.165) is 23.2 Å². The zero-order chi connectivity index (χ0) is 23.8. The number of hydrogen-bond donors (Lipinski definition) is 1. The van der Waals surface area contributed by atoms with Gasteiger partial charge in [0, 0.05) is 11.3 Å². The summed E-state index contributed by atoms with van der Waals surface area (Å²) in [6.07, 6.45) is 0.718. The van der Waals surface area contributed by atoms with Crippen molar-refractivity contribution in [3.8, 4) is 17.2 Å². The van der Waals surface area contributed by atoms with Crippen LogP contribution in [0.2, 0.25) is 0 Å². The van der Waals surface area contributed by atoms with Gasteiger partial charge in [0.05, 0.1) is 14.2 Å². The van der Waals surface area contributed by atoms with Gasteiger partial charge < -0.3 is 19.5 Å². The second kappa shape index (κ2) is 11.1. The van der Waals surface area contributed by atoms with Crippen LogP contribution in [0, 0.1) is 0 Å². The Kier molecular flexibility index (Phi) is 7.45. The SMILES string of the molecule is COc1cc(C(=O)Nc2ccccc2Cc2ccccc2)cc(OC)c1OCc1ccccc1. The lowest BCUT2D eigenvalue weighted by molar-refractivity contribution is 0.102. The Labute approximate surface area is 199 Å². The fourth-order valence-electron chi connectivity index (χ4n) is 3.69. The molecule has 4 aromatic rings. The summed E-state index contributed by atoms with van der Waals surface area (Å²) in [5.41, 5.74) is 4.40. The summed E-state index contributed by atoms with van der Waals surface area (Å²) in [4.78, 5) is 13.2. The molecule has 0 saturated heterocycles. The second-order valence-electron chi connectivity index (χ2n) is 7.76. The molecule has 0 aliphatic heterocycles. The molecule has 0 aliphatic carbocycles. The molecule has 5 nitrogen and oxygen atoms in total. The summed E-state index contributed by atoms with van der Waals surface area (Å²) in [5, 5.41) is 3.04. The van der Waals surface area contributed by atoms with Crippen LogP contribution in [0.1, 0.15) is 27.0 Å². The number of anilines is 1. The van der Waals surface area contributed by atoms with E-state index in [2.05, 4.69) is 17.4 Å². The summed E-state index contributed by atoms with van der Waals surface area (Å²) < 4.78 is 17.1. The monoisotopic (exact) mass is 453 g/mol. The maximum absolute atomic E-state index is 13.2. The molecular weight excluding hydrogens is 426 g/mol. The fraction of sp³-hybridized carbons (Fsp3) is 0.138. The third kappa shape index (κ3) is 5.56. The van der Waals surface area contributed by atoms with Gasteiger partial charge in [0.2, 0.25) is 5.75 Å². The van der Waals surface area contributed by atoms with Crippen molar-refractivity contribution >= 4 is 11.6 Å². The molecule has 0 aromatic heterocycles. The van der Waals surface area contributed by atoms with Crippen LogP contribution in [0.3, 0.4) is 0 Å². The van der Waals surface area contributed by atoms with Crippen LogP contribution in [0.25, 0.3) is 0 Å². The summed E-state index contributed by atoms with van der Waals surface area (Å²) in [6, 6.07) is 31.1. The minimum Gasteiger partial charge on any atom is -0.493 e. The van der Waals surface area contributed by atoms with Crippen LogP contribution < -0.4 is 19.5 Å². The van der Waals surface area contributed by atoms with Gasteiger partial charge in [-0.1, -0.05) is 78.9 Å². The quantitative estimate of drug-likeness (QED) is 0.331. The molecule has 0 bridgehead atoms. The van der Waals surface area contributed by atoms with Crippen molar-refractivity contribution in [1.82, 2.24) is 0 Å². The maximum atomic E-state index is 13.2. The van der Waals surface area contributed by atoms with Crippen molar-refractivity contribution in [2.24, 2.45) is 0 Å². The van der Waals surface area contributed by atoms with E-state index < -0.39 is 0 Å². The largest absolute Gasteiger partial charge is 0.493 e. The minimum absolute atomic E-state index is 0.258. The highest BCUT2D eigenvalue weighted by atomic mass is 16.5. The number of benzene rings is 4. The zero-order valence-corrected chi connectivity index (χ0v) is 19.3. The lowest BCUT2D eigenvalue weighted by Crippen LogP contribution is -2.14. The lowest BCUT2D eigenvalue weighted by atomic mass is 10.0. The summed E-state index contributed by atoms with van der Waals surface area (Å²) in [5.74, 6) is 1.05. The highest BCUT2D eigenvalue weighted by molar-refractivity contribution is 6.05. The van der Waals surface area contributed by atoms with Gasteiger partial charge >= 0.3 is 0 Å². The Balaban J connectivity index is 1.56. The molecule has 0 aliphatic rings. The van der Waals surface area contributed by atoms with E-state index >= 15 is 0 Å². The third-order valence-electron chi connectivity index (χ3n) is 5.45. The highest BCUT2D eigenvalue weighted by Gasteiger charge is 2.19. The first-order valence-corrected chi connectivity index (χ1v) is 11.0. The van der Waals surface area contributed by atoms with Gasteiger partial charge in [-0.3, -0.25) is 4.79 Å². The van der Waals surface area contributed by atoms with E-state index in [9.17, 15) is 4.79 Å². The van der Waals surface area contributed by atoms with Crippen LogP contribution in [-0.2, 0) is 13.0 Å². The standard InChI is InChI=1S/C29H27NO4/c1-32-26-18-24(19-27(33-2)28(26)34-20-22-13-7-4-8-14-22)29(31)30-25-16-10-9-15-23(25)17-21-11-5-3-6-12-21/h3-16,18-19H,17,20H2,1-2H3,(H,30,31). The van der Waals surface area contributed by atoms with E-state index in [4.69, 9.17) is 14.2 Å². The van der Waals surface area contributed by atoms with Crippen molar-refractivity contribution in [2.45, 2.75) is 13.0 Å². The number of amides is 1. The van der Waals surface area contributed by atoms with Crippen molar-refractivity contribution in [1.29, 1.82) is 0 Å². The number of rotatable bonds is 9. The Hall–Kier alpha value is -4.25. The van der Waals surface area contributed by atoms with Crippen LogP contribution >= 0.6 is 0 Å². The van der Waals surface area contributed by atoms with Crippen LogP contribution in [-0.4, -0.2) is 20.1 Å². The molecule has 1 N–H and O–H groups in total. The molecule has 5 heteroatoms. The smallest absolute Gasteiger partial charge is 0.255 e. The molecular formula is C29H27NO4. The van der Waals surface area contributed by atoms with Crippen molar-refractivity contribution < 1.29 is 19.0 Å². The normalized spacial score (nSPS) is 10.4. The number of carbonyl (C=O) groups is 1. The number of carbonyl (C=O) groups excluding carboxylic acids is 1. The topological polar surface area (TPSA) is 56.8 Å². The van der Waals surface area contributed by atoms with Crippen molar-refractivity contribution in [2.75, 3.05) is 19.5 Å². The molecule has 4 rings (SSSR count). The van der Waals surface area contributed by atoms with Gasteiger partial charge in [0.15, 0.2) is 11.5 Å². The van der Waals surface area contributed by atoms with Gasteiger partial charge in [-0.2, -0.15) is 0 Å². The molecule has 1 amide bonds. The first kappa shape index (κ1) is 22.9. The van der Waals surface area contributed by atoms with Gasteiger partial charge in [0.1, 0.15) is 6.61 Å². The van der Waals surface area contributed by atoms with E-state index in [-0.39, 0.29) is 5.91 Å². The summed E-state index contributed by atoms with van der Waals surface area (Å²) >= 11 is 0. The third-order valence-corrected chi connectivity index (χ3v) is 5.45.